The number of hydrogen-bond donors (Lipinski definition) is 3. The maximum Gasteiger partial charge on any atom is 0.341 e. The van der Waals surface area contributed by atoms with E-state index in [1.165, 1.54) is 24.3 Å². The van der Waals surface area contributed by atoms with Crippen molar-refractivity contribution in [1.29, 1.82) is 0 Å². The lowest BCUT2D eigenvalue weighted by Gasteiger charge is -2.24. The highest BCUT2D eigenvalue weighted by molar-refractivity contribution is 6.34. The Morgan fingerprint density at radius 3 is 2.50 bits per heavy atom. The Morgan fingerprint density at radius 2 is 1.88 bits per heavy atom. The minimum atomic E-state index is -1.89. The Hall–Kier alpha value is -2.83. The number of nitrogens with two attached hydrogens (primary N) is 1. The average Bonchev–Trinajstić information content (AvgIpc) is 2.88. The van der Waals surface area contributed by atoms with Crippen molar-refractivity contribution in [2.45, 2.75) is 5.54 Å². The molecule has 0 aromatic heterocycles. The van der Waals surface area contributed by atoms with Crippen LogP contribution in [0.25, 0.3) is 5.57 Å². The molecule has 1 aliphatic rings. The zero-order valence-corrected chi connectivity index (χ0v) is 14.6. The first-order chi connectivity index (χ1) is 12.3. The Bertz CT molecular complexity index is 1090. The van der Waals surface area contributed by atoms with E-state index in [0.29, 0.717) is 10.9 Å². The standard InChI is InChI=1S/C18H12Cl2N2O4/c19-10-7-13(20)16-12(4-5-15(23)24)18(17(25)26,22-14(16)8-10)9-2-1-3-11(21)6-9/h1-8H,21H2,(H,23,24)(H,25,26)/b5-4-. The molecule has 2 aromatic rings. The lowest BCUT2D eigenvalue weighted by atomic mass is 9.83. The largest absolute Gasteiger partial charge is 0.479 e. The molecular formula is C18H12Cl2N2O4. The summed E-state index contributed by atoms with van der Waals surface area (Å²) in [5.41, 5.74) is 4.66. The highest BCUT2D eigenvalue weighted by Gasteiger charge is 2.46. The molecule has 4 N–H and O–H groups in total. The first kappa shape index (κ1) is 18.0. The third-order valence-electron chi connectivity index (χ3n) is 3.99. The van der Waals surface area contributed by atoms with Gasteiger partial charge in [-0.15, -0.1) is 0 Å². The third-order valence-corrected chi connectivity index (χ3v) is 4.50. The van der Waals surface area contributed by atoms with Crippen molar-refractivity contribution in [1.82, 2.24) is 0 Å². The molecule has 2 aromatic carbocycles. The van der Waals surface area contributed by atoms with Crippen LogP contribution in [0.2, 0.25) is 10.0 Å². The normalized spacial score (nSPS) is 18.6. The van der Waals surface area contributed by atoms with Gasteiger partial charge in [-0.1, -0.05) is 35.3 Å². The number of halogens is 2. The number of carboxylic acids is 2. The third kappa shape index (κ3) is 2.83. The van der Waals surface area contributed by atoms with Crippen LogP contribution in [-0.4, -0.2) is 22.2 Å². The maximum absolute atomic E-state index is 12.3. The summed E-state index contributed by atoms with van der Waals surface area (Å²) in [4.78, 5) is 27.7. The van der Waals surface area contributed by atoms with Gasteiger partial charge in [0.25, 0.3) is 0 Å². The molecule has 1 unspecified atom stereocenters. The smallest absolute Gasteiger partial charge is 0.341 e. The molecule has 0 spiro atoms. The van der Waals surface area contributed by atoms with Gasteiger partial charge in [-0.05, 0) is 35.9 Å². The quantitative estimate of drug-likeness (QED) is 0.545. The van der Waals surface area contributed by atoms with Crippen molar-refractivity contribution in [2.75, 3.05) is 5.73 Å². The summed E-state index contributed by atoms with van der Waals surface area (Å²) in [6.45, 7) is 0. The molecule has 0 saturated heterocycles. The number of anilines is 1. The molecule has 1 aliphatic heterocycles. The number of rotatable bonds is 4. The Labute approximate surface area is 157 Å². The lowest BCUT2D eigenvalue weighted by Crippen LogP contribution is -2.34. The number of aliphatic carboxylic acids is 2. The van der Waals surface area contributed by atoms with E-state index < -0.39 is 17.5 Å². The highest BCUT2D eigenvalue weighted by Crippen LogP contribution is 2.38. The van der Waals surface area contributed by atoms with Crippen molar-refractivity contribution >= 4 is 46.4 Å². The molecule has 0 aliphatic carbocycles. The number of nitrogen functional groups attached to an aromatic ring is 1. The van der Waals surface area contributed by atoms with Crippen molar-refractivity contribution < 1.29 is 19.8 Å². The van der Waals surface area contributed by atoms with Crippen LogP contribution in [-0.2, 0) is 15.1 Å². The van der Waals surface area contributed by atoms with Crippen LogP contribution in [0.3, 0.4) is 0 Å². The SMILES string of the molecule is Nc1cccc(C2(C(=O)O)N=c3cc(Cl)cc(Cl)c3=C2/C=C\C(=O)O)c1. The van der Waals surface area contributed by atoms with Crippen molar-refractivity contribution in [3.05, 3.63) is 74.7 Å². The number of carbonyl (C=O) groups is 2. The van der Waals surface area contributed by atoms with E-state index in [1.54, 1.807) is 18.2 Å². The summed E-state index contributed by atoms with van der Waals surface area (Å²) in [6.07, 6.45) is 2.03. The van der Waals surface area contributed by atoms with Crippen LogP contribution < -0.4 is 16.3 Å². The monoisotopic (exact) mass is 390 g/mol. The Balaban J connectivity index is 2.48. The molecule has 0 amide bonds. The molecule has 1 heterocycles. The number of benzene rings is 2. The van der Waals surface area contributed by atoms with Crippen LogP contribution in [0.1, 0.15) is 5.56 Å². The molecule has 8 heteroatoms. The van der Waals surface area contributed by atoms with Gasteiger partial charge in [-0.25, -0.2) is 9.59 Å². The molecular weight excluding hydrogens is 379 g/mol. The zero-order chi connectivity index (χ0) is 19.1. The predicted molar refractivity (Wildman–Crippen MR) is 97.6 cm³/mol. The fourth-order valence-electron chi connectivity index (χ4n) is 2.97. The second-order valence-corrected chi connectivity index (χ2v) is 6.46. The predicted octanol–water partition coefficient (Wildman–Crippen LogP) is 1.98. The van der Waals surface area contributed by atoms with Crippen LogP contribution in [0.4, 0.5) is 5.69 Å². The summed E-state index contributed by atoms with van der Waals surface area (Å²) in [5, 5.41) is 20.1. The molecule has 0 fully saturated rings. The summed E-state index contributed by atoms with van der Waals surface area (Å²) in [7, 11) is 0. The molecule has 3 rings (SSSR count). The number of fused-ring (bicyclic) bond motifs is 1. The molecule has 0 radical (unpaired) electrons. The van der Waals surface area contributed by atoms with Gasteiger partial charge in [0.2, 0.25) is 5.54 Å². The topological polar surface area (TPSA) is 113 Å². The molecule has 132 valence electrons. The van der Waals surface area contributed by atoms with E-state index in [2.05, 4.69) is 4.99 Å². The molecule has 0 saturated carbocycles. The molecule has 0 bridgehead atoms. The minimum Gasteiger partial charge on any atom is -0.479 e. The van der Waals surface area contributed by atoms with Crippen molar-refractivity contribution in [3.63, 3.8) is 0 Å². The first-order valence-corrected chi connectivity index (χ1v) is 8.11. The summed E-state index contributed by atoms with van der Waals surface area (Å²) in [5.74, 6) is -2.53. The second kappa shape index (κ2) is 6.48. The van der Waals surface area contributed by atoms with Crippen LogP contribution in [0.5, 0.6) is 0 Å². The van der Waals surface area contributed by atoms with E-state index in [9.17, 15) is 14.7 Å². The lowest BCUT2D eigenvalue weighted by molar-refractivity contribution is -0.141. The van der Waals surface area contributed by atoms with Crippen LogP contribution in [0.15, 0.2) is 53.5 Å². The van der Waals surface area contributed by atoms with Crippen molar-refractivity contribution in [2.24, 2.45) is 4.99 Å². The van der Waals surface area contributed by atoms with Gasteiger partial charge in [0.1, 0.15) is 0 Å². The first-order valence-electron chi connectivity index (χ1n) is 7.36. The molecule has 26 heavy (non-hydrogen) atoms. The Kier molecular flexibility index (Phi) is 4.48. The summed E-state index contributed by atoms with van der Waals surface area (Å²) >= 11 is 12.3. The van der Waals surface area contributed by atoms with Crippen LogP contribution in [0, 0.1) is 0 Å². The number of nitrogens with zero attached hydrogens (tertiary/aromatic N) is 1. The molecule has 1 atom stereocenters. The van der Waals surface area contributed by atoms with E-state index in [4.69, 9.17) is 34.0 Å². The van der Waals surface area contributed by atoms with Gasteiger partial charge >= 0.3 is 11.9 Å². The van der Waals surface area contributed by atoms with E-state index >= 15 is 0 Å². The minimum absolute atomic E-state index is 0.120. The molecule has 6 nitrogen and oxygen atoms in total. The van der Waals surface area contributed by atoms with Gasteiger partial charge in [0, 0.05) is 27.6 Å². The van der Waals surface area contributed by atoms with Crippen LogP contribution >= 0.6 is 23.2 Å². The zero-order valence-electron chi connectivity index (χ0n) is 13.1. The van der Waals surface area contributed by atoms with Gasteiger partial charge in [-0.2, -0.15) is 0 Å². The Morgan fingerprint density at radius 1 is 1.15 bits per heavy atom. The maximum atomic E-state index is 12.3. The fraction of sp³-hybridized carbons (Fsp3) is 0.0556. The summed E-state index contributed by atoms with van der Waals surface area (Å²) in [6, 6.07) is 9.17. The average molecular weight is 391 g/mol. The van der Waals surface area contributed by atoms with E-state index in [0.717, 1.165) is 6.08 Å². The second-order valence-electron chi connectivity index (χ2n) is 5.62. The summed E-state index contributed by atoms with van der Waals surface area (Å²) < 4.78 is 0. The number of hydrogen-bond acceptors (Lipinski definition) is 4. The van der Waals surface area contributed by atoms with Crippen molar-refractivity contribution in [3.8, 4) is 0 Å². The highest BCUT2D eigenvalue weighted by atomic mass is 35.5. The van der Waals surface area contributed by atoms with Gasteiger partial charge < -0.3 is 15.9 Å². The van der Waals surface area contributed by atoms with E-state index in [-0.39, 0.29) is 26.5 Å². The van der Waals surface area contributed by atoms with E-state index in [1.807, 2.05) is 0 Å². The fourth-order valence-corrected chi connectivity index (χ4v) is 3.55. The number of carboxylic acid groups (broad SMARTS) is 2. The van der Waals surface area contributed by atoms with Gasteiger partial charge in [0.15, 0.2) is 0 Å². The van der Waals surface area contributed by atoms with Gasteiger partial charge in [0.05, 0.1) is 10.4 Å². The van der Waals surface area contributed by atoms with Gasteiger partial charge in [-0.3, -0.25) is 4.99 Å².